The Morgan fingerprint density at radius 3 is 2.55 bits per heavy atom. The summed E-state index contributed by atoms with van der Waals surface area (Å²) in [6, 6.07) is 4.54. The molecule has 0 bridgehead atoms. The standard InChI is InChI=1S/C21H22ClF4N3O4/c1-12-8-14(2-3-17(12)33-21(24,25)26)28-19(32)29-6-4-20(23,5-7-29)18-15(22)9-13(10-27-18)16(31)11-30/h2-3,8-10,16,30-31H,4-7,11H2,1H3,(H,28,32)/t16-/m1/s1. The van der Waals surface area contributed by atoms with Gasteiger partial charge >= 0.3 is 12.4 Å². The molecule has 7 nitrogen and oxygen atoms in total. The van der Waals surface area contributed by atoms with Crippen molar-refractivity contribution in [1.82, 2.24) is 9.88 Å². The second-order valence-corrected chi connectivity index (χ2v) is 8.12. The molecule has 0 unspecified atom stereocenters. The number of rotatable bonds is 5. The maximum absolute atomic E-state index is 15.6. The average Bonchev–Trinajstić information content (AvgIpc) is 2.74. The van der Waals surface area contributed by atoms with E-state index in [1.54, 1.807) is 0 Å². The number of nitrogens with one attached hydrogen (secondary N) is 1. The molecule has 180 valence electrons. The fourth-order valence-electron chi connectivity index (χ4n) is 3.54. The summed E-state index contributed by atoms with van der Waals surface area (Å²) >= 11 is 6.16. The zero-order valence-electron chi connectivity index (χ0n) is 17.5. The first-order valence-electron chi connectivity index (χ1n) is 9.98. The first-order chi connectivity index (χ1) is 15.4. The molecule has 1 aliphatic rings. The maximum atomic E-state index is 15.6. The van der Waals surface area contributed by atoms with Crippen molar-refractivity contribution in [2.24, 2.45) is 0 Å². The average molecular weight is 492 g/mol. The van der Waals surface area contributed by atoms with Crippen LogP contribution in [0, 0.1) is 6.92 Å². The Morgan fingerprint density at radius 2 is 2.00 bits per heavy atom. The highest BCUT2D eigenvalue weighted by atomic mass is 35.5. The van der Waals surface area contributed by atoms with E-state index in [1.807, 2.05) is 0 Å². The van der Waals surface area contributed by atoms with Crippen LogP contribution in [-0.4, -0.2) is 52.2 Å². The van der Waals surface area contributed by atoms with Crippen LogP contribution in [0.1, 0.15) is 35.8 Å². The zero-order valence-corrected chi connectivity index (χ0v) is 18.3. The summed E-state index contributed by atoms with van der Waals surface area (Å²) in [5, 5.41) is 21.3. The topological polar surface area (TPSA) is 94.9 Å². The zero-order chi connectivity index (χ0) is 24.4. The van der Waals surface area contributed by atoms with Gasteiger partial charge in [0.05, 0.1) is 17.3 Å². The lowest BCUT2D eigenvalue weighted by molar-refractivity contribution is -0.274. The van der Waals surface area contributed by atoms with Crippen LogP contribution in [0.4, 0.5) is 28.0 Å². The van der Waals surface area contributed by atoms with Crippen LogP contribution in [0.3, 0.4) is 0 Å². The number of ether oxygens (including phenoxy) is 1. The van der Waals surface area contributed by atoms with Crippen molar-refractivity contribution >= 4 is 23.3 Å². The molecule has 3 rings (SSSR count). The van der Waals surface area contributed by atoms with Crippen LogP contribution in [0.5, 0.6) is 5.75 Å². The van der Waals surface area contributed by atoms with Crippen LogP contribution < -0.4 is 10.1 Å². The lowest BCUT2D eigenvalue weighted by Crippen LogP contribution is -2.45. The lowest BCUT2D eigenvalue weighted by atomic mass is 9.89. The van der Waals surface area contributed by atoms with Gasteiger partial charge in [-0.3, -0.25) is 4.98 Å². The van der Waals surface area contributed by atoms with Crippen molar-refractivity contribution in [2.75, 3.05) is 25.0 Å². The number of nitrogens with zero attached hydrogens (tertiary/aromatic N) is 2. The summed E-state index contributed by atoms with van der Waals surface area (Å²) < 4.78 is 56.6. The summed E-state index contributed by atoms with van der Waals surface area (Å²) in [6.07, 6.45) is -4.91. The molecule has 1 aromatic carbocycles. The van der Waals surface area contributed by atoms with Crippen LogP contribution in [0.2, 0.25) is 5.02 Å². The number of anilines is 1. The molecule has 3 N–H and O–H groups in total. The number of hydrogen-bond donors (Lipinski definition) is 3. The Hall–Kier alpha value is -2.63. The summed E-state index contributed by atoms with van der Waals surface area (Å²) in [7, 11) is 0. The molecule has 0 radical (unpaired) electrons. The van der Waals surface area contributed by atoms with Crippen LogP contribution >= 0.6 is 11.6 Å². The number of piperidine rings is 1. The van der Waals surface area contributed by atoms with Crippen LogP contribution in [0.25, 0.3) is 0 Å². The number of likely N-dealkylation sites (tertiary alicyclic amines) is 1. The van der Waals surface area contributed by atoms with Gasteiger partial charge in [-0.05, 0) is 36.8 Å². The lowest BCUT2D eigenvalue weighted by Gasteiger charge is -2.36. The van der Waals surface area contributed by atoms with Gasteiger partial charge in [0.25, 0.3) is 0 Å². The minimum atomic E-state index is -4.82. The van der Waals surface area contributed by atoms with E-state index in [0.29, 0.717) is 0 Å². The van der Waals surface area contributed by atoms with Crippen LogP contribution in [0.15, 0.2) is 30.5 Å². The van der Waals surface area contributed by atoms with Gasteiger partial charge in [-0.2, -0.15) is 0 Å². The van der Waals surface area contributed by atoms with Gasteiger partial charge < -0.3 is 25.2 Å². The minimum Gasteiger partial charge on any atom is -0.406 e. The number of halogens is 5. The van der Waals surface area contributed by atoms with Crippen molar-refractivity contribution in [1.29, 1.82) is 0 Å². The van der Waals surface area contributed by atoms with Gasteiger partial charge in [0.2, 0.25) is 0 Å². The first kappa shape index (κ1) is 25.0. The highest BCUT2D eigenvalue weighted by molar-refractivity contribution is 6.31. The number of carbonyl (C=O) groups is 1. The second-order valence-electron chi connectivity index (χ2n) is 7.71. The number of alkyl halides is 4. The van der Waals surface area contributed by atoms with Gasteiger partial charge in [-0.1, -0.05) is 11.6 Å². The number of aliphatic hydroxyl groups excluding tert-OH is 2. The number of carbonyl (C=O) groups excluding carboxylic acids is 1. The molecule has 1 fully saturated rings. The van der Waals surface area contributed by atoms with E-state index in [9.17, 15) is 23.1 Å². The molecule has 1 saturated heterocycles. The number of aryl methyl sites for hydroxylation is 1. The largest absolute Gasteiger partial charge is 0.573 e. The SMILES string of the molecule is Cc1cc(NC(=O)N2CCC(F)(c3ncc([C@H](O)CO)cc3Cl)CC2)ccc1OC(F)(F)F. The number of aromatic nitrogens is 1. The van der Waals surface area contributed by atoms with Gasteiger partial charge in [0.1, 0.15) is 11.9 Å². The molecule has 0 saturated carbocycles. The third kappa shape index (κ3) is 6.04. The van der Waals surface area contributed by atoms with Gasteiger partial charge in [-0.15, -0.1) is 13.2 Å². The number of benzene rings is 1. The summed E-state index contributed by atoms with van der Waals surface area (Å²) in [4.78, 5) is 18.0. The first-order valence-corrected chi connectivity index (χ1v) is 10.4. The molecular formula is C21H22ClF4N3O4. The minimum absolute atomic E-state index is 0.00556. The van der Waals surface area contributed by atoms with Gasteiger partial charge in [-0.25, -0.2) is 9.18 Å². The van der Waals surface area contributed by atoms with Crippen molar-refractivity contribution < 1.29 is 37.3 Å². The van der Waals surface area contributed by atoms with E-state index in [0.717, 1.165) is 6.07 Å². The Labute approximate surface area is 191 Å². The van der Waals surface area contributed by atoms with Gasteiger partial charge in [0.15, 0.2) is 5.67 Å². The number of hydrogen-bond acceptors (Lipinski definition) is 5. The quantitative estimate of drug-likeness (QED) is 0.537. The molecule has 0 aliphatic carbocycles. The molecule has 1 aromatic heterocycles. The van der Waals surface area contributed by atoms with Crippen molar-refractivity contribution in [3.63, 3.8) is 0 Å². The van der Waals surface area contributed by atoms with E-state index < -0.39 is 30.8 Å². The molecule has 2 heterocycles. The van der Waals surface area contributed by atoms with E-state index >= 15 is 4.39 Å². The Morgan fingerprint density at radius 1 is 1.33 bits per heavy atom. The fraction of sp³-hybridized carbons (Fsp3) is 0.429. The third-order valence-electron chi connectivity index (χ3n) is 5.34. The third-order valence-corrected chi connectivity index (χ3v) is 5.63. The Balaban J connectivity index is 1.62. The molecule has 0 spiro atoms. The summed E-state index contributed by atoms with van der Waals surface area (Å²) in [6.45, 7) is 0.988. The van der Waals surface area contributed by atoms with Crippen molar-refractivity contribution in [3.8, 4) is 5.75 Å². The van der Waals surface area contributed by atoms with E-state index in [4.69, 9.17) is 16.7 Å². The normalized spacial score (nSPS) is 16.9. The predicted molar refractivity (Wildman–Crippen MR) is 112 cm³/mol. The van der Waals surface area contributed by atoms with Crippen molar-refractivity contribution in [2.45, 2.75) is 37.9 Å². The second kappa shape index (κ2) is 9.70. The number of urea groups is 1. The Bertz CT molecular complexity index is 1010. The smallest absolute Gasteiger partial charge is 0.406 e. The summed E-state index contributed by atoms with van der Waals surface area (Å²) in [5.41, 5.74) is -1.18. The van der Waals surface area contributed by atoms with Crippen LogP contribution in [-0.2, 0) is 5.67 Å². The van der Waals surface area contributed by atoms with Crippen molar-refractivity contribution in [3.05, 3.63) is 52.3 Å². The molecule has 1 atom stereocenters. The van der Waals surface area contributed by atoms with E-state index in [2.05, 4.69) is 15.0 Å². The molecule has 1 aliphatic heterocycles. The fourth-order valence-corrected chi connectivity index (χ4v) is 3.88. The molecule has 33 heavy (non-hydrogen) atoms. The molecule has 12 heteroatoms. The monoisotopic (exact) mass is 491 g/mol. The predicted octanol–water partition coefficient (Wildman–Crippen LogP) is 4.46. The molecular weight excluding hydrogens is 470 g/mol. The highest BCUT2D eigenvalue weighted by Gasteiger charge is 2.40. The van der Waals surface area contributed by atoms with E-state index in [1.165, 1.54) is 36.2 Å². The van der Waals surface area contributed by atoms with E-state index in [-0.39, 0.29) is 59.2 Å². The molecule has 2 aromatic rings. The number of pyridine rings is 1. The Kier molecular flexibility index (Phi) is 7.35. The highest BCUT2D eigenvalue weighted by Crippen LogP contribution is 2.40. The summed E-state index contributed by atoms with van der Waals surface area (Å²) in [5.74, 6) is -0.373. The number of amides is 2. The molecule has 2 amide bonds. The maximum Gasteiger partial charge on any atom is 0.573 e. The number of aliphatic hydroxyl groups is 2. The van der Waals surface area contributed by atoms with Gasteiger partial charge in [0, 0.05) is 43.4 Å².